The third kappa shape index (κ3) is 2.63. The van der Waals surface area contributed by atoms with Crippen molar-refractivity contribution in [3.63, 3.8) is 0 Å². The van der Waals surface area contributed by atoms with Crippen molar-refractivity contribution in [2.75, 3.05) is 19.7 Å². The third-order valence-corrected chi connectivity index (χ3v) is 4.84. The van der Waals surface area contributed by atoms with Crippen molar-refractivity contribution in [3.8, 4) is 0 Å². The lowest BCUT2D eigenvalue weighted by Gasteiger charge is -2.19. The van der Waals surface area contributed by atoms with Crippen LogP contribution in [0.15, 0.2) is 17.6 Å². The maximum atomic E-state index is 12.5. The molecule has 0 radical (unpaired) electrons. The molecule has 1 aromatic heterocycles. The summed E-state index contributed by atoms with van der Waals surface area (Å²) in [5, 5.41) is 13.1. The van der Waals surface area contributed by atoms with Crippen LogP contribution in [0.1, 0.15) is 11.4 Å². The van der Waals surface area contributed by atoms with Gasteiger partial charge in [-0.15, -0.1) is 6.58 Å². The Bertz CT molecular complexity index is 534. The minimum Gasteiger partial charge on any atom is -0.395 e. The van der Waals surface area contributed by atoms with Gasteiger partial charge in [-0.2, -0.15) is 9.40 Å². The first kappa shape index (κ1) is 14.9. The lowest BCUT2D eigenvalue weighted by atomic mass is 10.4. The Hall–Kier alpha value is -1.18. The van der Waals surface area contributed by atoms with Crippen LogP contribution in [-0.2, 0) is 17.1 Å². The molecule has 6 nitrogen and oxygen atoms in total. The maximum Gasteiger partial charge on any atom is 0.247 e. The Morgan fingerprint density at radius 1 is 1.50 bits per heavy atom. The van der Waals surface area contributed by atoms with Gasteiger partial charge in [0.05, 0.1) is 18.0 Å². The molecule has 0 aliphatic carbocycles. The van der Waals surface area contributed by atoms with Crippen LogP contribution in [0.3, 0.4) is 0 Å². The van der Waals surface area contributed by atoms with Gasteiger partial charge in [-0.05, 0) is 13.8 Å². The van der Waals surface area contributed by atoms with Gasteiger partial charge in [0.25, 0.3) is 0 Å². The van der Waals surface area contributed by atoms with Crippen molar-refractivity contribution < 1.29 is 13.5 Å². The fourth-order valence-electron chi connectivity index (χ4n) is 1.82. The topological polar surface area (TPSA) is 75.4 Å². The van der Waals surface area contributed by atoms with Crippen molar-refractivity contribution in [2.45, 2.75) is 18.7 Å². The summed E-state index contributed by atoms with van der Waals surface area (Å²) in [6.07, 6.45) is 1.49. The summed E-state index contributed by atoms with van der Waals surface area (Å²) in [5.41, 5.74) is 1.04. The monoisotopic (exact) mass is 273 g/mol. The van der Waals surface area contributed by atoms with Crippen LogP contribution < -0.4 is 0 Å². The average molecular weight is 273 g/mol. The van der Waals surface area contributed by atoms with Crippen LogP contribution in [0.4, 0.5) is 0 Å². The molecule has 18 heavy (non-hydrogen) atoms. The van der Waals surface area contributed by atoms with E-state index in [-0.39, 0.29) is 24.6 Å². The number of aromatic nitrogens is 2. The first-order chi connectivity index (χ1) is 8.36. The highest BCUT2D eigenvalue weighted by Gasteiger charge is 2.29. The highest BCUT2D eigenvalue weighted by Crippen LogP contribution is 2.22. The molecule has 0 saturated carbocycles. The Morgan fingerprint density at radius 3 is 2.50 bits per heavy atom. The van der Waals surface area contributed by atoms with E-state index in [4.69, 9.17) is 5.11 Å². The number of aliphatic hydroxyl groups excluding tert-OH is 1. The van der Waals surface area contributed by atoms with Crippen molar-refractivity contribution >= 4 is 10.0 Å². The van der Waals surface area contributed by atoms with Crippen LogP contribution in [0, 0.1) is 13.8 Å². The van der Waals surface area contributed by atoms with Gasteiger partial charge in [-0.25, -0.2) is 8.42 Å². The molecular formula is C11H19N3O3S. The number of aliphatic hydroxyl groups is 1. The quantitative estimate of drug-likeness (QED) is 0.752. The Balaban J connectivity index is 3.30. The fourth-order valence-corrected chi connectivity index (χ4v) is 3.62. The summed E-state index contributed by atoms with van der Waals surface area (Å²) < 4.78 is 27.7. The molecule has 0 unspecified atom stereocenters. The number of nitrogens with zero attached hydrogens (tertiary/aromatic N) is 3. The van der Waals surface area contributed by atoms with E-state index in [1.54, 1.807) is 20.9 Å². The Kier molecular flexibility index (Phi) is 4.66. The Morgan fingerprint density at radius 2 is 2.11 bits per heavy atom. The van der Waals surface area contributed by atoms with Crippen LogP contribution in [0.5, 0.6) is 0 Å². The molecule has 0 bridgehead atoms. The van der Waals surface area contributed by atoms with Gasteiger partial charge in [-0.3, -0.25) is 4.68 Å². The Labute approximate surface area is 108 Å². The summed E-state index contributed by atoms with van der Waals surface area (Å²) in [5.74, 6) is 0. The summed E-state index contributed by atoms with van der Waals surface area (Å²) >= 11 is 0. The van der Waals surface area contributed by atoms with Crippen LogP contribution in [0.2, 0.25) is 0 Å². The number of aryl methyl sites for hydroxylation is 2. The average Bonchev–Trinajstić information content (AvgIpc) is 2.53. The molecule has 1 aromatic rings. The van der Waals surface area contributed by atoms with Gasteiger partial charge in [0, 0.05) is 20.1 Å². The molecular weight excluding hydrogens is 254 g/mol. The molecule has 0 aliphatic rings. The molecule has 1 heterocycles. The molecule has 0 atom stereocenters. The van der Waals surface area contributed by atoms with Gasteiger partial charge in [-0.1, -0.05) is 6.08 Å². The molecule has 102 valence electrons. The second kappa shape index (κ2) is 5.64. The fraction of sp³-hybridized carbons (Fsp3) is 0.545. The smallest absolute Gasteiger partial charge is 0.247 e. The largest absolute Gasteiger partial charge is 0.395 e. The molecule has 0 fully saturated rings. The van der Waals surface area contributed by atoms with Gasteiger partial charge in [0.2, 0.25) is 10.0 Å². The molecule has 0 aliphatic heterocycles. The van der Waals surface area contributed by atoms with E-state index >= 15 is 0 Å². The second-order valence-corrected chi connectivity index (χ2v) is 5.87. The van der Waals surface area contributed by atoms with Gasteiger partial charge < -0.3 is 5.11 Å². The molecule has 0 spiro atoms. The van der Waals surface area contributed by atoms with Gasteiger partial charge in [0.15, 0.2) is 0 Å². The van der Waals surface area contributed by atoms with E-state index in [9.17, 15) is 8.42 Å². The van der Waals surface area contributed by atoms with E-state index < -0.39 is 10.0 Å². The third-order valence-electron chi connectivity index (χ3n) is 2.72. The molecule has 1 N–H and O–H groups in total. The molecule has 7 heteroatoms. The van der Waals surface area contributed by atoms with Crippen LogP contribution >= 0.6 is 0 Å². The minimum absolute atomic E-state index is 0.0438. The van der Waals surface area contributed by atoms with Crippen molar-refractivity contribution in [1.82, 2.24) is 14.1 Å². The number of rotatable bonds is 6. The maximum absolute atomic E-state index is 12.5. The lowest BCUT2D eigenvalue weighted by Crippen LogP contribution is -2.34. The van der Waals surface area contributed by atoms with E-state index in [0.717, 1.165) is 0 Å². The number of hydrogen-bond donors (Lipinski definition) is 1. The second-order valence-electron chi connectivity index (χ2n) is 4.00. The van der Waals surface area contributed by atoms with Gasteiger partial charge >= 0.3 is 0 Å². The first-order valence-electron chi connectivity index (χ1n) is 5.58. The molecule has 0 saturated heterocycles. The van der Waals surface area contributed by atoms with E-state index in [2.05, 4.69) is 11.7 Å². The molecule has 1 rings (SSSR count). The van der Waals surface area contributed by atoms with Gasteiger partial charge in [0.1, 0.15) is 4.90 Å². The molecule has 0 amide bonds. The zero-order chi connectivity index (χ0) is 13.9. The highest BCUT2D eigenvalue weighted by atomic mass is 32.2. The normalized spacial score (nSPS) is 12.1. The summed E-state index contributed by atoms with van der Waals surface area (Å²) in [6.45, 7) is 6.87. The van der Waals surface area contributed by atoms with Crippen molar-refractivity contribution in [1.29, 1.82) is 0 Å². The summed E-state index contributed by atoms with van der Waals surface area (Å²) in [4.78, 5) is 0.209. The predicted octanol–water partition coefficient (Wildman–Crippen LogP) is 0.206. The summed E-state index contributed by atoms with van der Waals surface area (Å²) in [7, 11) is -1.95. The van der Waals surface area contributed by atoms with Crippen LogP contribution in [-0.4, -0.2) is 47.3 Å². The van der Waals surface area contributed by atoms with Crippen LogP contribution in [0.25, 0.3) is 0 Å². The first-order valence-corrected chi connectivity index (χ1v) is 7.02. The zero-order valence-electron chi connectivity index (χ0n) is 10.9. The summed E-state index contributed by atoms with van der Waals surface area (Å²) in [6, 6.07) is 0. The lowest BCUT2D eigenvalue weighted by molar-refractivity contribution is 0.260. The van der Waals surface area contributed by atoms with E-state index in [1.165, 1.54) is 15.1 Å². The number of hydrogen-bond acceptors (Lipinski definition) is 4. The van der Waals surface area contributed by atoms with E-state index in [0.29, 0.717) is 11.4 Å². The standard InChI is InChI=1S/C11H19N3O3S/c1-5-6-14(7-8-15)18(16,17)11-9(2)12-13(4)10(11)3/h5,15H,1,6-8H2,2-4H3. The number of sulfonamides is 1. The predicted molar refractivity (Wildman–Crippen MR) is 68.7 cm³/mol. The van der Waals surface area contributed by atoms with Crippen molar-refractivity contribution in [2.24, 2.45) is 7.05 Å². The SMILES string of the molecule is C=CCN(CCO)S(=O)(=O)c1c(C)nn(C)c1C. The highest BCUT2D eigenvalue weighted by molar-refractivity contribution is 7.89. The van der Waals surface area contributed by atoms with E-state index in [1.807, 2.05) is 0 Å². The molecule has 0 aromatic carbocycles. The van der Waals surface area contributed by atoms with Crippen molar-refractivity contribution in [3.05, 3.63) is 24.0 Å². The minimum atomic E-state index is -3.65. The zero-order valence-corrected chi connectivity index (χ0v) is 11.7.